The number of rotatable bonds is 6. The summed E-state index contributed by atoms with van der Waals surface area (Å²) in [6, 6.07) is 4.60. The third kappa shape index (κ3) is 5.56. The minimum absolute atomic E-state index is 0.182. The molecule has 0 aliphatic carbocycles. The van der Waals surface area contributed by atoms with Gasteiger partial charge in [-0.25, -0.2) is 4.79 Å². The molecule has 0 atom stereocenters. The molecule has 1 aliphatic heterocycles. The maximum atomic E-state index is 12.4. The van der Waals surface area contributed by atoms with E-state index in [1.54, 1.807) is 0 Å². The summed E-state index contributed by atoms with van der Waals surface area (Å²) >= 11 is 0. The zero-order valence-electron chi connectivity index (χ0n) is 20.3. The van der Waals surface area contributed by atoms with E-state index in [0.29, 0.717) is 38.7 Å². The Labute approximate surface area is 191 Å². The molecule has 0 bridgehead atoms. The van der Waals surface area contributed by atoms with E-state index in [2.05, 4.69) is 42.1 Å². The number of piperidine rings is 1. The molecular formula is C25H37N3O4. The van der Waals surface area contributed by atoms with E-state index in [1.807, 2.05) is 32.6 Å². The van der Waals surface area contributed by atoms with Crippen molar-refractivity contribution in [2.75, 3.05) is 31.6 Å². The molecule has 1 N–H and O–H groups in total. The smallest absolute Gasteiger partial charge is 0.410 e. The molecule has 3 rings (SSSR count). The first-order chi connectivity index (χ1) is 15.1. The monoisotopic (exact) mass is 443 g/mol. The highest BCUT2D eigenvalue weighted by Gasteiger charge is 2.28. The quantitative estimate of drug-likeness (QED) is 0.622. The van der Waals surface area contributed by atoms with Crippen molar-refractivity contribution in [3.8, 4) is 0 Å². The largest absolute Gasteiger partial charge is 0.466 e. The number of ether oxygens (including phenoxy) is 2. The van der Waals surface area contributed by atoms with Crippen LogP contribution in [0.15, 0.2) is 18.3 Å². The number of benzene rings is 1. The number of nitrogens with zero attached hydrogens (tertiary/aromatic N) is 2. The van der Waals surface area contributed by atoms with Crippen LogP contribution in [0.5, 0.6) is 0 Å². The van der Waals surface area contributed by atoms with Crippen molar-refractivity contribution in [3.63, 3.8) is 0 Å². The Morgan fingerprint density at radius 2 is 1.84 bits per heavy atom. The van der Waals surface area contributed by atoms with Gasteiger partial charge in [0.15, 0.2) is 0 Å². The van der Waals surface area contributed by atoms with E-state index < -0.39 is 5.60 Å². The molecule has 176 valence electrons. The van der Waals surface area contributed by atoms with Crippen LogP contribution in [0.2, 0.25) is 0 Å². The molecule has 0 spiro atoms. The van der Waals surface area contributed by atoms with Gasteiger partial charge in [-0.3, -0.25) is 4.79 Å². The molecule has 1 aliphatic rings. The second kappa shape index (κ2) is 9.84. The Bertz CT molecular complexity index is 966. The number of esters is 1. The number of nitrogens with one attached hydrogen (secondary N) is 1. The first kappa shape index (κ1) is 24.0. The fraction of sp³-hybridized carbons (Fsp3) is 0.600. The van der Waals surface area contributed by atoms with Crippen molar-refractivity contribution in [1.82, 2.24) is 9.47 Å². The Hall–Kier alpha value is -2.70. The number of aromatic nitrogens is 1. The maximum Gasteiger partial charge on any atom is 0.410 e. The predicted molar refractivity (Wildman–Crippen MR) is 127 cm³/mol. The summed E-state index contributed by atoms with van der Waals surface area (Å²) in [5, 5.41) is 4.63. The molecule has 2 heterocycles. The van der Waals surface area contributed by atoms with Gasteiger partial charge < -0.3 is 24.3 Å². The molecule has 0 radical (unpaired) electrons. The molecule has 7 nitrogen and oxygen atoms in total. The summed E-state index contributed by atoms with van der Waals surface area (Å²) < 4.78 is 12.9. The van der Waals surface area contributed by atoms with Gasteiger partial charge in [0.25, 0.3) is 0 Å². The van der Waals surface area contributed by atoms with Crippen LogP contribution in [0.4, 0.5) is 10.5 Å². The zero-order chi connectivity index (χ0) is 23.5. The second-order valence-corrected chi connectivity index (χ2v) is 9.53. The fourth-order valence-electron chi connectivity index (χ4n) is 4.43. The van der Waals surface area contributed by atoms with Gasteiger partial charge in [0.05, 0.1) is 13.0 Å². The minimum Gasteiger partial charge on any atom is -0.466 e. The summed E-state index contributed by atoms with van der Waals surface area (Å²) in [6.07, 6.45) is 4.16. The number of anilines is 1. The van der Waals surface area contributed by atoms with E-state index in [0.717, 1.165) is 18.5 Å². The highest BCUT2D eigenvalue weighted by atomic mass is 16.6. The molecule has 0 saturated carbocycles. The first-order valence-electron chi connectivity index (χ1n) is 11.6. The Balaban J connectivity index is 1.69. The molecule has 1 amide bonds. The average molecular weight is 444 g/mol. The van der Waals surface area contributed by atoms with Gasteiger partial charge in [-0.15, -0.1) is 0 Å². The SMILES string of the molecule is CCOC(=O)CCNc1ccc2c(c(C)cn2C2CCN(C(=O)OC(C)(C)C)CC2)c1C. The molecule has 1 saturated heterocycles. The van der Waals surface area contributed by atoms with Crippen molar-refractivity contribution in [3.05, 3.63) is 29.5 Å². The highest BCUT2D eigenvalue weighted by Crippen LogP contribution is 2.34. The number of hydrogen-bond donors (Lipinski definition) is 1. The molecule has 1 aromatic carbocycles. The van der Waals surface area contributed by atoms with E-state index >= 15 is 0 Å². The van der Waals surface area contributed by atoms with E-state index in [9.17, 15) is 9.59 Å². The minimum atomic E-state index is -0.471. The lowest BCUT2D eigenvalue weighted by atomic mass is 10.0. The van der Waals surface area contributed by atoms with Crippen molar-refractivity contribution < 1.29 is 19.1 Å². The van der Waals surface area contributed by atoms with Crippen molar-refractivity contribution in [1.29, 1.82) is 0 Å². The molecule has 7 heteroatoms. The van der Waals surface area contributed by atoms with Gasteiger partial charge in [-0.2, -0.15) is 0 Å². The Kier molecular flexibility index (Phi) is 7.36. The van der Waals surface area contributed by atoms with Gasteiger partial charge >= 0.3 is 12.1 Å². The van der Waals surface area contributed by atoms with Crippen LogP contribution in [0.25, 0.3) is 10.9 Å². The van der Waals surface area contributed by atoms with Gasteiger partial charge in [0, 0.05) is 48.5 Å². The van der Waals surface area contributed by atoms with Crippen molar-refractivity contribution >= 4 is 28.7 Å². The van der Waals surface area contributed by atoms with Gasteiger partial charge in [-0.05, 0) is 77.6 Å². The normalized spacial score (nSPS) is 15.1. The standard InChI is InChI=1S/C25H37N3O4/c1-7-31-22(29)10-13-26-20-8-9-21-23(18(20)3)17(2)16-28(21)19-11-14-27(15-12-19)24(30)32-25(4,5)6/h8-9,16,19,26H,7,10-15H2,1-6H3. The van der Waals surface area contributed by atoms with Gasteiger partial charge in [0.1, 0.15) is 5.60 Å². The molecule has 2 aromatic rings. The number of hydrogen-bond acceptors (Lipinski definition) is 5. The van der Waals surface area contributed by atoms with Crippen LogP contribution in [0, 0.1) is 13.8 Å². The second-order valence-electron chi connectivity index (χ2n) is 9.53. The number of amides is 1. The number of likely N-dealkylation sites (tertiary alicyclic amines) is 1. The van der Waals surface area contributed by atoms with Crippen LogP contribution in [0.3, 0.4) is 0 Å². The fourth-order valence-corrected chi connectivity index (χ4v) is 4.43. The third-order valence-electron chi connectivity index (χ3n) is 5.91. The Morgan fingerprint density at radius 3 is 2.47 bits per heavy atom. The summed E-state index contributed by atoms with van der Waals surface area (Å²) in [4.78, 5) is 25.8. The number of carbonyl (C=O) groups excluding carboxylic acids is 2. The topological polar surface area (TPSA) is 72.8 Å². The first-order valence-corrected chi connectivity index (χ1v) is 11.6. The van der Waals surface area contributed by atoms with Crippen LogP contribution in [-0.4, -0.2) is 53.4 Å². The molecule has 1 fully saturated rings. The lowest BCUT2D eigenvalue weighted by Crippen LogP contribution is -2.42. The van der Waals surface area contributed by atoms with Crippen LogP contribution < -0.4 is 5.32 Å². The van der Waals surface area contributed by atoms with Crippen LogP contribution in [-0.2, 0) is 14.3 Å². The summed E-state index contributed by atoms with van der Waals surface area (Å²) in [7, 11) is 0. The van der Waals surface area contributed by atoms with E-state index in [-0.39, 0.29) is 12.1 Å². The van der Waals surface area contributed by atoms with Crippen LogP contribution in [0.1, 0.15) is 64.1 Å². The number of aryl methyl sites for hydroxylation is 2. The highest BCUT2D eigenvalue weighted by molar-refractivity contribution is 5.91. The number of fused-ring (bicyclic) bond motifs is 1. The zero-order valence-corrected chi connectivity index (χ0v) is 20.3. The summed E-state index contributed by atoms with van der Waals surface area (Å²) in [6.45, 7) is 14.1. The van der Waals surface area contributed by atoms with E-state index in [1.165, 1.54) is 22.0 Å². The lowest BCUT2D eigenvalue weighted by molar-refractivity contribution is -0.142. The van der Waals surface area contributed by atoms with Crippen LogP contribution >= 0.6 is 0 Å². The predicted octanol–water partition coefficient (Wildman–Crippen LogP) is 5.20. The van der Waals surface area contributed by atoms with Crippen molar-refractivity contribution in [2.24, 2.45) is 0 Å². The molecule has 32 heavy (non-hydrogen) atoms. The van der Waals surface area contributed by atoms with Gasteiger partial charge in [0.2, 0.25) is 0 Å². The molecule has 1 aromatic heterocycles. The molecule has 0 unspecified atom stereocenters. The summed E-state index contributed by atoms with van der Waals surface area (Å²) in [5.41, 5.74) is 4.21. The average Bonchev–Trinajstić information content (AvgIpc) is 3.06. The number of carbonyl (C=O) groups is 2. The van der Waals surface area contributed by atoms with Crippen molar-refractivity contribution in [2.45, 2.75) is 72.4 Å². The third-order valence-corrected chi connectivity index (χ3v) is 5.91. The van der Waals surface area contributed by atoms with Gasteiger partial charge in [-0.1, -0.05) is 0 Å². The maximum absolute atomic E-state index is 12.4. The van der Waals surface area contributed by atoms with E-state index in [4.69, 9.17) is 9.47 Å². The molecular weight excluding hydrogens is 406 g/mol. The Morgan fingerprint density at radius 1 is 1.16 bits per heavy atom. The summed E-state index contributed by atoms with van der Waals surface area (Å²) in [5.74, 6) is -0.182. The lowest BCUT2D eigenvalue weighted by Gasteiger charge is -2.34.